The van der Waals surface area contributed by atoms with Crippen LogP contribution in [0.1, 0.15) is 86.0 Å². The Morgan fingerprint density at radius 1 is 1.33 bits per heavy atom. The lowest BCUT2D eigenvalue weighted by Crippen LogP contribution is -2.20. The molecule has 1 N–H and O–H groups in total. The molecule has 1 aliphatic rings. The van der Waals surface area contributed by atoms with Gasteiger partial charge < -0.3 is 5.11 Å². The Morgan fingerprint density at radius 2 is 2.05 bits per heavy atom. The van der Waals surface area contributed by atoms with Gasteiger partial charge in [-0.05, 0) is 70.1 Å². The van der Waals surface area contributed by atoms with Crippen LogP contribution >= 0.6 is 0 Å². The van der Waals surface area contributed by atoms with Crippen LogP contribution in [0.3, 0.4) is 0 Å². The molecule has 1 unspecified atom stereocenters. The van der Waals surface area contributed by atoms with Gasteiger partial charge in [0.05, 0.1) is 6.61 Å². The van der Waals surface area contributed by atoms with E-state index >= 15 is 0 Å². The zero-order chi connectivity index (χ0) is 15.9. The third-order valence-electron chi connectivity index (χ3n) is 5.28. The van der Waals surface area contributed by atoms with Gasteiger partial charge >= 0.3 is 0 Å². The van der Waals surface area contributed by atoms with E-state index in [-0.39, 0.29) is 6.61 Å². The van der Waals surface area contributed by atoms with Crippen LogP contribution in [0.4, 0.5) is 0 Å². The van der Waals surface area contributed by atoms with Gasteiger partial charge in [-0.25, -0.2) is 0 Å². The molecule has 0 bridgehead atoms. The van der Waals surface area contributed by atoms with Crippen LogP contribution in [0.25, 0.3) is 0 Å². The molecule has 1 atom stereocenters. The molecule has 0 saturated carbocycles. The predicted molar refractivity (Wildman–Crippen MR) is 93.4 cm³/mol. The fraction of sp³-hybridized carbons (Fsp3) is 0.800. The first-order valence-corrected chi connectivity index (χ1v) is 8.82. The van der Waals surface area contributed by atoms with Crippen molar-refractivity contribution >= 4 is 0 Å². The molecule has 1 nitrogen and oxygen atoms in total. The van der Waals surface area contributed by atoms with Crippen LogP contribution in [0.2, 0.25) is 0 Å². The Kier molecular flexibility index (Phi) is 7.73. The predicted octanol–water partition coefficient (Wildman–Crippen LogP) is 6.04. The normalized spacial score (nSPS) is 20.8. The molecule has 0 aromatic carbocycles. The summed E-state index contributed by atoms with van der Waals surface area (Å²) in [6, 6.07) is 0. The average molecular weight is 293 g/mol. The second kappa shape index (κ2) is 8.78. The highest BCUT2D eigenvalue weighted by Gasteiger charge is 2.27. The van der Waals surface area contributed by atoms with Crippen molar-refractivity contribution in [2.24, 2.45) is 11.3 Å². The summed E-state index contributed by atoms with van der Waals surface area (Å²) < 4.78 is 0. The van der Waals surface area contributed by atoms with E-state index in [9.17, 15) is 0 Å². The van der Waals surface area contributed by atoms with E-state index in [0.29, 0.717) is 5.41 Å². The first-order valence-electron chi connectivity index (χ1n) is 8.82. The van der Waals surface area contributed by atoms with Crippen molar-refractivity contribution in [3.05, 3.63) is 22.8 Å². The van der Waals surface area contributed by atoms with Crippen LogP contribution in [0, 0.1) is 11.3 Å². The standard InChI is InChI=1S/C20H36O/c1-16(8-6-9-17(2)13-15-21)11-12-19-18(3)10-7-14-20(19,4)5/h13,16,21H,6-12,14-15H2,1-5H3/b17-13+. The minimum Gasteiger partial charge on any atom is -0.392 e. The summed E-state index contributed by atoms with van der Waals surface area (Å²) in [4.78, 5) is 0. The van der Waals surface area contributed by atoms with Crippen molar-refractivity contribution in [3.8, 4) is 0 Å². The lowest BCUT2D eigenvalue weighted by atomic mass is 9.70. The second-order valence-corrected chi connectivity index (χ2v) is 7.77. The third-order valence-corrected chi connectivity index (χ3v) is 5.28. The van der Waals surface area contributed by atoms with Crippen LogP contribution in [0.5, 0.6) is 0 Å². The summed E-state index contributed by atoms with van der Waals surface area (Å²) >= 11 is 0. The minimum atomic E-state index is 0.184. The van der Waals surface area contributed by atoms with Crippen molar-refractivity contribution in [3.63, 3.8) is 0 Å². The van der Waals surface area contributed by atoms with E-state index in [4.69, 9.17) is 5.11 Å². The Morgan fingerprint density at radius 3 is 2.67 bits per heavy atom. The van der Waals surface area contributed by atoms with E-state index in [1.165, 1.54) is 50.5 Å². The zero-order valence-corrected chi connectivity index (χ0v) is 15.0. The maximum Gasteiger partial charge on any atom is 0.0614 e. The van der Waals surface area contributed by atoms with Crippen LogP contribution in [-0.2, 0) is 0 Å². The van der Waals surface area contributed by atoms with Gasteiger partial charge in [0.1, 0.15) is 0 Å². The van der Waals surface area contributed by atoms with Crippen LogP contribution in [-0.4, -0.2) is 11.7 Å². The summed E-state index contributed by atoms with van der Waals surface area (Å²) in [6.45, 7) is 11.9. The molecule has 0 saturated heterocycles. The molecular weight excluding hydrogens is 256 g/mol. The van der Waals surface area contributed by atoms with E-state index in [1.807, 2.05) is 6.08 Å². The summed E-state index contributed by atoms with van der Waals surface area (Å²) in [5, 5.41) is 8.87. The maximum absolute atomic E-state index is 8.87. The van der Waals surface area contributed by atoms with E-state index in [0.717, 1.165) is 12.3 Å². The number of aliphatic hydroxyl groups is 1. The monoisotopic (exact) mass is 292 g/mol. The molecule has 0 fully saturated rings. The van der Waals surface area contributed by atoms with Gasteiger partial charge in [-0.2, -0.15) is 0 Å². The quantitative estimate of drug-likeness (QED) is 0.541. The van der Waals surface area contributed by atoms with Gasteiger partial charge in [-0.1, -0.05) is 50.0 Å². The Bertz CT molecular complexity index is 373. The summed E-state index contributed by atoms with van der Waals surface area (Å²) in [6.07, 6.45) is 12.3. The zero-order valence-electron chi connectivity index (χ0n) is 15.0. The Hall–Kier alpha value is -0.560. The molecule has 0 aromatic heterocycles. The van der Waals surface area contributed by atoms with E-state index in [2.05, 4.69) is 34.6 Å². The van der Waals surface area contributed by atoms with Crippen LogP contribution in [0.15, 0.2) is 22.8 Å². The van der Waals surface area contributed by atoms with Gasteiger partial charge in [0, 0.05) is 0 Å². The number of hydrogen-bond donors (Lipinski definition) is 1. The Balaban J connectivity index is 2.36. The van der Waals surface area contributed by atoms with Crippen molar-refractivity contribution in [1.29, 1.82) is 0 Å². The van der Waals surface area contributed by atoms with E-state index in [1.54, 1.807) is 11.1 Å². The second-order valence-electron chi connectivity index (χ2n) is 7.77. The highest BCUT2D eigenvalue weighted by Crippen LogP contribution is 2.42. The van der Waals surface area contributed by atoms with E-state index < -0.39 is 0 Å². The fourth-order valence-corrected chi connectivity index (χ4v) is 3.75. The molecule has 21 heavy (non-hydrogen) atoms. The number of rotatable bonds is 8. The average Bonchev–Trinajstić information content (AvgIpc) is 2.37. The van der Waals surface area contributed by atoms with Gasteiger partial charge in [-0.3, -0.25) is 0 Å². The minimum absolute atomic E-state index is 0.184. The molecule has 1 heteroatoms. The number of allylic oxidation sites excluding steroid dienone is 3. The largest absolute Gasteiger partial charge is 0.392 e. The first kappa shape index (κ1) is 18.5. The summed E-state index contributed by atoms with van der Waals surface area (Å²) in [7, 11) is 0. The molecular formula is C20H36O. The molecule has 1 rings (SSSR count). The summed E-state index contributed by atoms with van der Waals surface area (Å²) in [5.41, 5.74) is 5.18. The van der Waals surface area contributed by atoms with Gasteiger partial charge in [0.2, 0.25) is 0 Å². The smallest absolute Gasteiger partial charge is 0.0614 e. The first-order chi connectivity index (χ1) is 9.86. The van der Waals surface area contributed by atoms with Gasteiger partial charge in [0.25, 0.3) is 0 Å². The lowest BCUT2D eigenvalue weighted by Gasteiger charge is -2.35. The Labute approximate surface area is 132 Å². The molecule has 0 aromatic rings. The van der Waals surface area contributed by atoms with Crippen molar-refractivity contribution < 1.29 is 5.11 Å². The molecule has 1 aliphatic carbocycles. The maximum atomic E-state index is 8.87. The van der Waals surface area contributed by atoms with Crippen molar-refractivity contribution in [2.75, 3.05) is 6.61 Å². The fourth-order valence-electron chi connectivity index (χ4n) is 3.75. The molecule has 0 heterocycles. The molecule has 122 valence electrons. The molecule has 0 radical (unpaired) electrons. The topological polar surface area (TPSA) is 20.2 Å². The SMILES string of the molecule is CC1=C(CCC(C)CCC/C(C)=C/CO)C(C)(C)CCC1. The molecule has 0 amide bonds. The van der Waals surface area contributed by atoms with Gasteiger partial charge in [0.15, 0.2) is 0 Å². The van der Waals surface area contributed by atoms with Crippen molar-refractivity contribution in [1.82, 2.24) is 0 Å². The summed E-state index contributed by atoms with van der Waals surface area (Å²) in [5.74, 6) is 0.810. The molecule has 0 spiro atoms. The highest BCUT2D eigenvalue weighted by molar-refractivity contribution is 5.22. The lowest BCUT2D eigenvalue weighted by molar-refractivity contribution is 0.340. The van der Waals surface area contributed by atoms with Crippen molar-refractivity contribution in [2.45, 2.75) is 86.0 Å². The molecule has 0 aliphatic heterocycles. The number of aliphatic hydroxyl groups excluding tert-OH is 1. The third kappa shape index (κ3) is 6.38. The highest BCUT2D eigenvalue weighted by atomic mass is 16.2. The van der Waals surface area contributed by atoms with Crippen LogP contribution < -0.4 is 0 Å². The van der Waals surface area contributed by atoms with Gasteiger partial charge in [-0.15, -0.1) is 0 Å². The number of hydrogen-bond acceptors (Lipinski definition) is 1.